The molecule has 19 heavy (non-hydrogen) atoms. The summed E-state index contributed by atoms with van der Waals surface area (Å²) >= 11 is 0. The molecule has 0 aromatic carbocycles. The predicted octanol–water partition coefficient (Wildman–Crippen LogP) is 1.32. The van der Waals surface area contributed by atoms with E-state index in [0.29, 0.717) is 25.6 Å². The Bertz CT molecular complexity index is 352. The third-order valence-electron chi connectivity index (χ3n) is 2.83. The first-order valence-corrected chi connectivity index (χ1v) is 6.96. The first-order chi connectivity index (χ1) is 8.97. The summed E-state index contributed by atoms with van der Waals surface area (Å²) in [5, 5.41) is 17.2. The van der Waals surface area contributed by atoms with Crippen molar-refractivity contribution in [2.75, 3.05) is 13.2 Å². The zero-order valence-corrected chi connectivity index (χ0v) is 12.5. The van der Waals surface area contributed by atoms with Crippen LogP contribution in [0.2, 0.25) is 0 Å². The quantitative estimate of drug-likeness (QED) is 0.710. The van der Waals surface area contributed by atoms with E-state index in [1.54, 1.807) is 4.68 Å². The number of nitrogens with zero attached hydrogens (tertiary/aromatic N) is 2. The highest BCUT2D eigenvalue weighted by atomic mass is 16.5. The van der Waals surface area contributed by atoms with Gasteiger partial charge in [-0.3, -0.25) is 4.68 Å². The van der Waals surface area contributed by atoms with Crippen LogP contribution in [0, 0.1) is 5.92 Å². The molecule has 2 atom stereocenters. The van der Waals surface area contributed by atoms with Gasteiger partial charge in [-0.05, 0) is 25.3 Å². The Balaban J connectivity index is 2.09. The number of hydrogen-bond donors (Lipinski definition) is 2. The number of hydrogen-bond acceptors (Lipinski definition) is 4. The Labute approximate surface area is 116 Å². The average molecular weight is 269 g/mol. The first kappa shape index (κ1) is 16.1. The van der Waals surface area contributed by atoms with Crippen LogP contribution in [0.25, 0.3) is 0 Å². The molecule has 2 N–H and O–H groups in total. The van der Waals surface area contributed by atoms with Crippen molar-refractivity contribution >= 4 is 0 Å². The van der Waals surface area contributed by atoms with Crippen molar-refractivity contribution in [1.82, 2.24) is 15.1 Å². The van der Waals surface area contributed by atoms with Gasteiger partial charge in [-0.15, -0.1) is 0 Å². The van der Waals surface area contributed by atoms with E-state index in [2.05, 4.69) is 24.3 Å². The van der Waals surface area contributed by atoms with Gasteiger partial charge in [0.2, 0.25) is 0 Å². The second kappa shape index (κ2) is 8.30. The standard InChI is InChI=1S/C14H27N3O2/c1-11(2)7-12(3)19-10-14(18)9-15-8-13-5-6-17(4)16-13/h5-6,11-12,14-15,18H,7-10H2,1-4H3. The highest BCUT2D eigenvalue weighted by Gasteiger charge is 2.09. The van der Waals surface area contributed by atoms with E-state index in [9.17, 15) is 5.11 Å². The van der Waals surface area contributed by atoms with Crippen LogP contribution in [0.15, 0.2) is 12.3 Å². The van der Waals surface area contributed by atoms with Crippen molar-refractivity contribution in [2.24, 2.45) is 13.0 Å². The molecule has 0 saturated heterocycles. The number of aryl methyl sites for hydroxylation is 1. The van der Waals surface area contributed by atoms with Crippen LogP contribution in [0.4, 0.5) is 0 Å². The summed E-state index contributed by atoms with van der Waals surface area (Å²) in [4.78, 5) is 0. The molecule has 5 nitrogen and oxygen atoms in total. The van der Waals surface area contributed by atoms with Gasteiger partial charge < -0.3 is 15.2 Å². The molecule has 1 aromatic heterocycles. The molecule has 1 rings (SSSR count). The molecular formula is C14H27N3O2. The van der Waals surface area contributed by atoms with Crippen LogP contribution >= 0.6 is 0 Å². The van der Waals surface area contributed by atoms with E-state index in [-0.39, 0.29) is 6.10 Å². The van der Waals surface area contributed by atoms with Crippen molar-refractivity contribution in [2.45, 2.75) is 45.9 Å². The molecule has 0 fully saturated rings. The summed E-state index contributed by atoms with van der Waals surface area (Å²) in [5.41, 5.74) is 0.976. The summed E-state index contributed by atoms with van der Waals surface area (Å²) in [6.45, 7) is 7.96. The summed E-state index contributed by atoms with van der Waals surface area (Å²) in [7, 11) is 1.89. The molecule has 2 unspecified atom stereocenters. The monoisotopic (exact) mass is 269 g/mol. The van der Waals surface area contributed by atoms with E-state index in [4.69, 9.17) is 4.74 Å². The highest BCUT2D eigenvalue weighted by molar-refractivity contribution is 4.97. The van der Waals surface area contributed by atoms with Gasteiger partial charge >= 0.3 is 0 Å². The van der Waals surface area contributed by atoms with Gasteiger partial charge in [0, 0.05) is 26.3 Å². The van der Waals surface area contributed by atoms with Crippen LogP contribution in [-0.4, -0.2) is 40.2 Å². The molecule has 0 aliphatic carbocycles. The molecular weight excluding hydrogens is 242 g/mol. The Morgan fingerprint density at radius 3 is 2.74 bits per heavy atom. The number of aliphatic hydroxyl groups is 1. The van der Waals surface area contributed by atoms with Crippen molar-refractivity contribution in [1.29, 1.82) is 0 Å². The second-order valence-electron chi connectivity index (χ2n) is 5.54. The van der Waals surface area contributed by atoms with E-state index in [1.165, 1.54) is 0 Å². The Kier molecular flexibility index (Phi) is 7.05. The Morgan fingerprint density at radius 2 is 2.16 bits per heavy atom. The minimum absolute atomic E-state index is 0.199. The predicted molar refractivity (Wildman–Crippen MR) is 75.8 cm³/mol. The fourth-order valence-corrected chi connectivity index (χ4v) is 1.99. The summed E-state index contributed by atoms with van der Waals surface area (Å²) in [6.07, 6.45) is 2.65. The lowest BCUT2D eigenvalue weighted by Crippen LogP contribution is -2.31. The smallest absolute Gasteiger partial charge is 0.0897 e. The first-order valence-electron chi connectivity index (χ1n) is 6.96. The van der Waals surface area contributed by atoms with Gasteiger partial charge in [-0.1, -0.05) is 13.8 Å². The molecule has 0 aliphatic heterocycles. The molecule has 0 saturated carbocycles. The van der Waals surface area contributed by atoms with Crippen LogP contribution < -0.4 is 5.32 Å². The molecule has 0 bridgehead atoms. The van der Waals surface area contributed by atoms with E-state index >= 15 is 0 Å². The van der Waals surface area contributed by atoms with Gasteiger partial charge in [-0.25, -0.2) is 0 Å². The van der Waals surface area contributed by atoms with Gasteiger partial charge in [0.25, 0.3) is 0 Å². The fourth-order valence-electron chi connectivity index (χ4n) is 1.99. The lowest BCUT2D eigenvalue weighted by Gasteiger charge is -2.18. The third kappa shape index (κ3) is 7.30. The topological polar surface area (TPSA) is 59.3 Å². The highest BCUT2D eigenvalue weighted by Crippen LogP contribution is 2.07. The zero-order valence-electron chi connectivity index (χ0n) is 12.5. The molecule has 0 aliphatic rings. The largest absolute Gasteiger partial charge is 0.389 e. The minimum Gasteiger partial charge on any atom is -0.389 e. The minimum atomic E-state index is -0.474. The van der Waals surface area contributed by atoms with Crippen molar-refractivity contribution < 1.29 is 9.84 Å². The molecule has 0 radical (unpaired) electrons. The summed E-state index contributed by atoms with van der Waals surface area (Å²) < 4.78 is 7.38. The lowest BCUT2D eigenvalue weighted by molar-refractivity contribution is -0.00859. The summed E-state index contributed by atoms with van der Waals surface area (Å²) in [5.74, 6) is 0.620. The van der Waals surface area contributed by atoms with Gasteiger partial charge in [0.15, 0.2) is 0 Å². The number of aromatic nitrogens is 2. The van der Waals surface area contributed by atoms with Crippen LogP contribution in [0.3, 0.4) is 0 Å². The van der Waals surface area contributed by atoms with Crippen molar-refractivity contribution in [3.8, 4) is 0 Å². The maximum absolute atomic E-state index is 9.80. The van der Waals surface area contributed by atoms with Gasteiger partial charge in [0.1, 0.15) is 0 Å². The Hall–Kier alpha value is -0.910. The zero-order chi connectivity index (χ0) is 14.3. The van der Waals surface area contributed by atoms with E-state index < -0.39 is 6.10 Å². The summed E-state index contributed by atoms with van der Waals surface area (Å²) in [6, 6.07) is 1.96. The maximum atomic E-state index is 9.80. The molecule has 110 valence electrons. The lowest BCUT2D eigenvalue weighted by atomic mass is 10.1. The van der Waals surface area contributed by atoms with Crippen LogP contribution in [0.5, 0.6) is 0 Å². The average Bonchev–Trinajstić information content (AvgIpc) is 2.71. The van der Waals surface area contributed by atoms with Crippen LogP contribution in [-0.2, 0) is 18.3 Å². The normalized spacial score (nSPS) is 14.8. The Morgan fingerprint density at radius 1 is 1.42 bits per heavy atom. The van der Waals surface area contributed by atoms with Crippen molar-refractivity contribution in [3.63, 3.8) is 0 Å². The number of rotatable bonds is 9. The number of ether oxygens (including phenoxy) is 1. The molecule has 1 aromatic rings. The van der Waals surface area contributed by atoms with E-state index in [0.717, 1.165) is 12.1 Å². The maximum Gasteiger partial charge on any atom is 0.0897 e. The second-order valence-corrected chi connectivity index (χ2v) is 5.54. The number of nitrogens with one attached hydrogen (secondary N) is 1. The van der Waals surface area contributed by atoms with Crippen LogP contribution in [0.1, 0.15) is 32.9 Å². The van der Waals surface area contributed by atoms with E-state index in [1.807, 2.05) is 26.2 Å². The molecule has 5 heteroatoms. The van der Waals surface area contributed by atoms with Gasteiger partial charge in [-0.2, -0.15) is 5.10 Å². The number of aliphatic hydroxyl groups excluding tert-OH is 1. The molecule has 1 heterocycles. The molecule has 0 amide bonds. The molecule has 0 spiro atoms. The van der Waals surface area contributed by atoms with Gasteiger partial charge in [0.05, 0.1) is 24.5 Å². The third-order valence-corrected chi connectivity index (χ3v) is 2.83. The fraction of sp³-hybridized carbons (Fsp3) is 0.786. The van der Waals surface area contributed by atoms with Crippen molar-refractivity contribution in [3.05, 3.63) is 18.0 Å². The SMILES string of the molecule is CC(C)CC(C)OCC(O)CNCc1ccn(C)n1.